The molecule has 0 amide bonds. The van der Waals surface area contributed by atoms with Crippen molar-refractivity contribution in [3.05, 3.63) is 12.2 Å². The Morgan fingerprint density at radius 2 is 1.78 bits per heavy atom. The summed E-state index contributed by atoms with van der Waals surface area (Å²) in [5.41, 5.74) is 0.163. The second kappa shape index (κ2) is 8.50. The minimum Gasteiger partial charge on any atom is -0.295 e. The van der Waals surface area contributed by atoms with Gasteiger partial charge in [-0.05, 0) is 37.2 Å². The molecular formula is C17H32O. The molecule has 0 N–H and O–H groups in total. The number of hydrogen-bond acceptors (Lipinski definition) is 1. The molecule has 0 saturated heterocycles. The monoisotopic (exact) mass is 252 g/mol. The minimum absolute atomic E-state index is 0.163. The Morgan fingerprint density at radius 1 is 1.17 bits per heavy atom. The van der Waals surface area contributed by atoms with Crippen LogP contribution in [0.3, 0.4) is 0 Å². The topological polar surface area (TPSA) is 17.1 Å². The van der Waals surface area contributed by atoms with Gasteiger partial charge in [0, 0.05) is 5.92 Å². The summed E-state index contributed by atoms with van der Waals surface area (Å²) in [7, 11) is 0. The summed E-state index contributed by atoms with van der Waals surface area (Å²) < 4.78 is 0. The predicted molar refractivity (Wildman–Crippen MR) is 80.7 cm³/mol. The molecule has 0 aromatic rings. The van der Waals surface area contributed by atoms with Gasteiger partial charge in [0.15, 0.2) is 5.78 Å². The summed E-state index contributed by atoms with van der Waals surface area (Å²) in [6, 6.07) is 0. The zero-order valence-electron chi connectivity index (χ0n) is 13.3. The first kappa shape index (κ1) is 17.4. The van der Waals surface area contributed by atoms with E-state index in [1.165, 1.54) is 32.1 Å². The van der Waals surface area contributed by atoms with Crippen molar-refractivity contribution in [1.82, 2.24) is 0 Å². The molecule has 2 unspecified atom stereocenters. The molecule has 0 radical (unpaired) electrons. The Morgan fingerprint density at radius 3 is 2.33 bits per heavy atom. The predicted octanol–water partition coefficient (Wildman–Crippen LogP) is 5.40. The van der Waals surface area contributed by atoms with Gasteiger partial charge in [-0.1, -0.05) is 60.0 Å². The lowest BCUT2D eigenvalue weighted by Crippen LogP contribution is -2.36. The Hall–Kier alpha value is -0.590. The fraction of sp³-hybridized carbons (Fsp3) is 0.824. The SMILES string of the molecule is C/C=C/C(=O)C1C(C)CCCCCC1(C)C.CC. The molecular weight excluding hydrogens is 220 g/mol. The van der Waals surface area contributed by atoms with Gasteiger partial charge in [-0.25, -0.2) is 0 Å². The standard InChI is InChI=1S/C15H26O.C2H6/c1-5-9-13(16)14-12(2)10-7-6-8-11-15(14,3)4;1-2/h5,9,12,14H,6-8,10-11H2,1-4H3;1-2H3/b9-5+;. The van der Waals surface area contributed by atoms with E-state index in [1.54, 1.807) is 6.08 Å². The number of allylic oxidation sites excluding steroid dienone is 2. The Kier molecular flexibility index (Phi) is 8.22. The molecule has 2 atom stereocenters. The van der Waals surface area contributed by atoms with Gasteiger partial charge in [0.2, 0.25) is 0 Å². The fourth-order valence-corrected chi connectivity index (χ4v) is 3.25. The van der Waals surface area contributed by atoms with E-state index in [0.29, 0.717) is 11.7 Å². The van der Waals surface area contributed by atoms with Crippen LogP contribution in [0.2, 0.25) is 0 Å². The maximum Gasteiger partial charge on any atom is 0.159 e. The van der Waals surface area contributed by atoms with Gasteiger partial charge in [0.05, 0.1) is 0 Å². The van der Waals surface area contributed by atoms with Crippen molar-refractivity contribution in [1.29, 1.82) is 0 Å². The van der Waals surface area contributed by atoms with E-state index in [9.17, 15) is 4.79 Å². The first-order valence-electron chi connectivity index (χ1n) is 7.65. The van der Waals surface area contributed by atoms with Crippen molar-refractivity contribution < 1.29 is 4.79 Å². The lowest BCUT2D eigenvalue weighted by atomic mass is 9.65. The first-order chi connectivity index (χ1) is 8.49. The van der Waals surface area contributed by atoms with Crippen LogP contribution < -0.4 is 0 Å². The Bertz CT molecular complexity index is 263. The fourth-order valence-electron chi connectivity index (χ4n) is 3.25. The van der Waals surface area contributed by atoms with Crippen LogP contribution in [0.4, 0.5) is 0 Å². The molecule has 0 aliphatic heterocycles. The second-order valence-corrected chi connectivity index (χ2v) is 5.95. The molecule has 1 rings (SSSR count). The van der Waals surface area contributed by atoms with Crippen LogP contribution in [-0.4, -0.2) is 5.78 Å². The van der Waals surface area contributed by atoms with Crippen molar-refractivity contribution in [2.45, 2.75) is 73.6 Å². The molecule has 1 fully saturated rings. The molecule has 1 nitrogen and oxygen atoms in total. The van der Waals surface area contributed by atoms with Gasteiger partial charge >= 0.3 is 0 Å². The summed E-state index contributed by atoms with van der Waals surface area (Å²) in [6.45, 7) is 12.7. The lowest BCUT2D eigenvalue weighted by Gasteiger charge is -2.38. The summed E-state index contributed by atoms with van der Waals surface area (Å²) in [5.74, 6) is 1.07. The minimum atomic E-state index is 0.163. The molecule has 0 aromatic heterocycles. The van der Waals surface area contributed by atoms with Crippen molar-refractivity contribution in [3.63, 3.8) is 0 Å². The smallest absolute Gasteiger partial charge is 0.159 e. The second-order valence-electron chi connectivity index (χ2n) is 5.95. The van der Waals surface area contributed by atoms with Gasteiger partial charge in [0.25, 0.3) is 0 Å². The van der Waals surface area contributed by atoms with Crippen LogP contribution in [-0.2, 0) is 4.79 Å². The van der Waals surface area contributed by atoms with E-state index < -0.39 is 0 Å². The highest BCUT2D eigenvalue weighted by Crippen LogP contribution is 2.41. The van der Waals surface area contributed by atoms with Gasteiger partial charge in [-0.2, -0.15) is 0 Å². The average molecular weight is 252 g/mol. The normalized spacial score (nSPS) is 27.9. The zero-order chi connectivity index (χ0) is 14.2. The van der Waals surface area contributed by atoms with E-state index in [4.69, 9.17) is 0 Å². The van der Waals surface area contributed by atoms with Gasteiger partial charge in [-0.3, -0.25) is 4.79 Å². The third-order valence-corrected chi connectivity index (χ3v) is 4.03. The molecule has 1 aliphatic rings. The molecule has 18 heavy (non-hydrogen) atoms. The van der Waals surface area contributed by atoms with Crippen LogP contribution >= 0.6 is 0 Å². The number of ketones is 1. The third-order valence-electron chi connectivity index (χ3n) is 4.03. The molecule has 1 saturated carbocycles. The summed E-state index contributed by atoms with van der Waals surface area (Å²) in [5, 5.41) is 0. The van der Waals surface area contributed by atoms with E-state index in [0.717, 1.165) is 0 Å². The van der Waals surface area contributed by atoms with E-state index in [-0.39, 0.29) is 11.3 Å². The molecule has 106 valence electrons. The molecule has 0 bridgehead atoms. The largest absolute Gasteiger partial charge is 0.295 e. The molecule has 0 heterocycles. The zero-order valence-corrected chi connectivity index (χ0v) is 13.3. The van der Waals surface area contributed by atoms with Gasteiger partial charge in [-0.15, -0.1) is 0 Å². The maximum absolute atomic E-state index is 12.2. The van der Waals surface area contributed by atoms with Crippen molar-refractivity contribution in [3.8, 4) is 0 Å². The molecule has 0 spiro atoms. The summed E-state index contributed by atoms with van der Waals surface area (Å²) in [4.78, 5) is 12.2. The number of rotatable bonds is 2. The number of hydrogen-bond donors (Lipinski definition) is 0. The van der Waals surface area contributed by atoms with Crippen molar-refractivity contribution in [2.75, 3.05) is 0 Å². The van der Waals surface area contributed by atoms with Crippen molar-refractivity contribution in [2.24, 2.45) is 17.3 Å². The van der Waals surface area contributed by atoms with Crippen LogP contribution in [0, 0.1) is 17.3 Å². The quantitative estimate of drug-likeness (QED) is 0.601. The Balaban J connectivity index is 0.00000137. The van der Waals surface area contributed by atoms with Crippen molar-refractivity contribution >= 4 is 5.78 Å². The number of carbonyl (C=O) groups is 1. The summed E-state index contributed by atoms with van der Waals surface area (Å²) in [6.07, 6.45) is 9.94. The van der Waals surface area contributed by atoms with Gasteiger partial charge < -0.3 is 0 Å². The highest BCUT2D eigenvalue weighted by molar-refractivity contribution is 5.92. The maximum atomic E-state index is 12.2. The van der Waals surface area contributed by atoms with Crippen LogP contribution in [0.15, 0.2) is 12.2 Å². The van der Waals surface area contributed by atoms with E-state index >= 15 is 0 Å². The van der Waals surface area contributed by atoms with E-state index in [2.05, 4.69) is 20.8 Å². The first-order valence-corrected chi connectivity index (χ1v) is 7.65. The third kappa shape index (κ3) is 4.96. The molecule has 0 aromatic carbocycles. The highest BCUT2D eigenvalue weighted by atomic mass is 16.1. The highest BCUT2D eigenvalue weighted by Gasteiger charge is 2.37. The summed E-state index contributed by atoms with van der Waals surface area (Å²) >= 11 is 0. The average Bonchev–Trinajstić information content (AvgIpc) is 2.29. The molecule has 1 heteroatoms. The van der Waals surface area contributed by atoms with Gasteiger partial charge in [0.1, 0.15) is 0 Å². The lowest BCUT2D eigenvalue weighted by molar-refractivity contribution is -0.124. The van der Waals surface area contributed by atoms with Crippen LogP contribution in [0.25, 0.3) is 0 Å². The number of carbonyl (C=O) groups excluding carboxylic acids is 1. The van der Waals surface area contributed by atoms with Crippen LogP contribution in [0.5, 0.6) is 0 Å². The molecule has 1 aliphatic carbocycles. The van der Waals surface area contributed by atoms with Crippen LogP contribution in [0.1, 0.15) is 73.6 Å². The van der Waals surface area contributed by atoms with E-state index in [1.807, 2.05) is 26.8 Å². The Labute approximate surface area is 114 Å².